The third-order valence-electron chi connectivity index (χ3n) is 5.17. The van der Waals surface area contributed by atoms with Crippen LogP contribution >= 0.6 is 11.8 Å². The molecule has 0 saturated carbocycles. The van der Waals surface area contributed by atoms with Gasteiger partial charge in [-0.25, -0.2) is 0 Å². The average Bonchev–Trinajstić information content (AvgIpc) is 3.10. The highest BCUT2D eigenvalue weighted by Crippen LogP contribution is 2.35. The van der Waals surface area contributed by atoms with Crippen LogP contribution in [0.3, 0.4) is 0 Å². The molecule has 3 aromatic carbocycles. The van der Waals surface area contributed by atoms with E-state index in [4.69, 9.17) is 14.2 Å². The normalized spacial score (nSPS) is 13.4. The molecule has 0 radical (unpaired) electrons. The van der Waals surface area contributed by atoms with Crippen LogP contribution in [-0.4, -0.2) is 37.4 Å². The lowest BCUT2D eigenvalue weighted by Gasteiger charge is -2.14. The molecule has 0 unspecified atom stereocenters. The number of anilines is 2. The molecule has 1 atom stereocenters. The van der Waals surface area contributed by atoms with Crippen LogP contribution in [0.1, 0.15) is 23.7 Å². The number of thioether (sulfide) groups is 1. The van der Waals surface area contributed by atoms with Gasteiger partial charge in [-0.2, -0.15) is 0 Å². The number of fused-ring (bicyclic) bond motifs is 1. The van der Waals surface area contributed by atoms with Gasteiger partial charge in [-0.15, -0.1) is 11.8 Å². The van der Waals surface area contributed by atoms with E-state index in [1.807, 2.05) is 37.3 Å². The summed E-state index contributed by atoms with van der Waals surface area (Å²) in [6.07, 6.45) is 0.844. The summed E-state index contributed by atoms with van der Waals surface area (Å²) < 4.78 is 16.7. The molecule has 1 aliphatic heterocycles. The van der Waals surface area contributed by atoms with Crippen molar-refractivity contribution >= 4 is 35.0 Å². The minimum atomic E-state index is -0.335. The average molecular weight is 479 g/mol. The largest absolute Gasteiger partial charge is 0.495 e. The third-order valence-corrected chi connectivity index (χ3v) is 6.26. The highest BCUT2D eigenvalue weighted by atomic mass is 32.2. The molecule has 34 heavy (non-hydrogen) atoms. The second-order valence-electron chi connectivity index (χ2n) is 7.64. The Hall–Kier alpha value is -3.65. The fourth-order valence-electron chi connectivity index (χ4n) is 3.37. The topological polar surface area (TPSA) is 85.9 Å². The highest BCUT2D eigenvalue weighted by Gasteiger charge is 2.17. The van der Waals surface area contributed by atoms with Gasteiger partial charge in [0.1, 0.15) is 5.75 Å². The van der Waals surface area contributed by atoms with Gasteiger partial charge in [0, 0.05) is 22.6 Å². The van der Waals surface area contributed by atoms with Crippen molar-refractivity contribution in [3.05, 3.63) is 72.3 Å². The van der Waals surface area contributed by atoms with Gasteiger partial charge in [-0.05, 0) is 61.5 Å². The number of carbonyl (C=O) groups is 2. The van der Waals surface area contributed by atoms with E-state index >= 15 is 0 Å². The fraction of sp³-hybridized carbons (Fsp3) is 0.231. The van der Waals surface area contributed by atoms with Crippen LogP contribution in [0.2, 0.25) is 0 Å². The zero-order chi connectivity index (χ0) is 23.9. The minimum Gasteiger partial charge on any atom is -0.495 e. The highest BCUT2D eigenvalue weighted by molar-refractivity contribution is 8.00. The molecular formula is C26H26N2O5S. The van der Waals surface area contributed by atoms with Crippen LogP contribution in [0.5, 0.6) is 17.2 Å². The molecule has 2 N–H and O–H groups in total. The van der Waals surface area contributed by atoms with E-state index in [0.29, 0.717) is 41.7 Å². The summed E-state index contributed by atoms with van der Waals surface area (Å²) in [6, 6.07) is 19.7. The lowest BCUT2D eigenvalue weighted by atomic mass is 10.2. The third kappa shape index (κ3) is 5.82. The van der Waals surface area contributed by atoms with Crippen LogP contribution in [0.15, 0.2) is 71.6 Å². The summed E-state index contributed by atoms with van der Waals surface area (Å²) in [6.45, 7) is 3.10. The number of ether oxygens (including phenoxy) is 3. The van der Waals surface area contributed by atoms with E-state index in [1.165, 1.54) is 11.8 Å². The minimum absolute atomic E-state index is 0.136. The molecule has 1 heterocycles. The Morgan fingerprint density at radius 2 is 1.68 bits per heavy atom. The molecule has 0 aliphatic carbocycles. The van der Waals surface area contributed by atoms with Crippen LogP contribution in [0.25, 0.3) is 0 Å². The first kappa shape index (κ1) is 23.5. The van der Waals surface area contributed by atoms with Crippen LogP contribution in [0.4, 0.5) is 11.4 Å². The number of benzene rings is 3. The van der Waals surface area contributed by atoms with Crippen molar-refractivity contribution in [1.82, 2.24) is 0 Å². The molecule has 0 bridgehead atoms. The molecule has 0 aromatic heterocycles. The van der Waals surface area contributed by atoms with E-state index in [1.54, 1.807) is 43.5 Å². The molecule has 8 heteroatoms. The van der Waals surface area contributed by atoms with E-state index in [0.717, 1.165) is 17.1 Å². The number of carbonyl (C=O) groups excluding carboxylic acids is 2. The molecule has 0 saturated heterocycles. The Kier molecular flexibility index (Phi) is 7.59. The molecule has 0 spiro atoms. The first-order valence-corrected chi connectivity index (χ1v) is 11.8. The number of rotatable bonds is 7. The predicted octanol–water partition coefficient (Wildman–Crippen LogP) is 5.23. The van der Waals surface area contributed by atoms with Gasteiger partial charge in [0.05, 0.1) is 31.3 Å². The number of nitrogens with one attached hydrogen (secondary N) is 2. The molecule has 7 nitrogen and oxygen atoms in total. The summed E-state index contributed by atoms with van der Waals surface area (Å²) in [4.78, 5) is 26.2. The van der Waals surface area contributed by atoms with E-state index in [-0.39, 0.29) is 17.1 Å². The van der Waals surface area contributed by atoms with Gasteiger partial charge in [0.25, 0.3) is 5.91 Å². The Bertz CT molecular complexity index is 1170. The van der Waals surface area contributed by atoms with Crippen molar-refractivity contribution in [2.45, 2.75) is 23.5 Å². The van der Waals surface area contributed by atoms with E-state index < -0.39 is 0 Å². The van der Waals surface area contributed by atoms with Crippen molar-refractivity contribution in [2.24, 2.45) is 0 Å². The second kappa shape index (κ2) is 11.0. The quantitative estimate of drug-likeness (QED) is 0.453. The maximum Gasteiger partial charge on any atom is 0.255 e. The van der Waals surface area contributed by atoms with E-state index in [2.05, 4.69) is 10.6 Å². The molecular weight excluding hydrogens is 452 g/mol. The molecule has 4 rings (SSSR count). The van der Waals surface area contributed by atoms with Crippen molar-refractivity contribution < 1.29 is 23.8 Å². The Morgan fingerprint density at radius 1 is 0.941 bits per heavy atom. The summed E-state index contributed by atoms with van der Waals surface area (Å²) in [5, 5.41) is 5.40. The Balaban J connectivity index is 1.34. The standard InChI is InChI=1S/C26H26N2O5S/c1-17(34-20-12-13-23-24(16-20)33-15-5-14-32-23)25(29)27-19-10-8-18(9-11-19)26(30)28-21-6-3-4-7-22(21)31-2/h3-4,6-13,16-17H,5,14-15H2,1-2H3,(H,27,29)(H,28,30)/t17-/m1/s1. The number of amides is 2. The zero-order valence-electron chi connectivity index (χ0n) is 19.0. The summed E-state index contributed by atoms with van der Waals surface area (Å²) in [5.74, 6) is 1.62. The summed E-state index contributed by atoms with van der Waals surface area (Å²) >= 11 is 1.44. The first-order chi connectivity index (χ1) is 16.5. The van der Waals surface area contributed by atoms with Gasteiger partial charge in [-0.3, -0.25) is 9.59 Å². The molecule has 0 fully saturated rings. The summed E-state index contributed by atoms with van der Waals surface area (Å²) in [5.41, 5.74) is 1.68. The molecule has 2 amide bonds. The van der Waals surface area contributed by atoms with Crippen LogP contribution in [0, 0.1) is 0 Å². The van der Waals surface area contributed by atoms with E-state index in [9.17, 15) is 9.59 Å². The van der Waals surface area contributed by atoms with Crippen molar-refractivity contribution in [1.29, 1.82) is 0 Å². The molecule has 1 aliphatic rings. The molecule has 176 valence electrons. The van der Waals surface area contributed by atoms with Gasteiger partial charge in [-0.1, -0.05) is 12.1 Å². The second-order valence-corrected chi connectivity index (χ2v) is 9.05. The van der Waals surface area contributed by atoms with Gasteiger partial charge in [0.15, 0.2) is 11.5 Å². The molecule has 3 aromatic rings. The zero-order valence-corrected chi connectivity index (χ0v) is 19.8. The SMILES string of the molecule is COc1ccccc1NC(=O)c1ccc(NC(=O)[C@@H](C)Sc2ccc3c(c2)OCCCO3)cc1. The Labute approximate surface area is 202 Å². The number of methoxy groups -OCH3 is 1. The van der Waals surface area contributed by atoms with Crippen LogP contribution in [-0.2, 0) is 4.79 Å². The smallest absolute Gasteiger partial charge is 0.255 e. The predicted molar refractivity (Wildman–Crippen MR) is 133 cm³/mol. The monoisotopic (exact) mass is 478 g/mol. The van der Waals surface area contributed by atoms with Gasteiger partial charge in [0.2, 0.25) is 5.91 Å². The number of hydrogen-bond donors (Lipinski definition) is 2. The maximum atomic E-state index is 12.7. The number of para-hydroxylation sites is 2. The van der Waals surface area contributed by atoms with Crippen LogP contribution < -0.4 is 24.8 Å². The maximum absolute atomic E-state index is 12.7. The Morgan fingerprint density at radius 3 is 2.44 bits per heavy atom. The fourth-order valence-corrected chi connectivity index (χ4v) is 4.26. The first-order valence-electron chi connectivity index (χ1n) is 10.9. The van der Waals surface area contributed by atoms with Crippen molar-refractivity contribution in [3.8, 4) is 17.2 Å². The lowest BCUT2D eigenvalue weighted by molar-refractivity contribution is -0.115. The van der Waals surface area contributed by atoms with Crippen molar-refractivity contribution in [3.63, 3.8) is 0 Å². The van der Waals surface area contributed by atoms with Gasteiger partial charge >= 0.3 is 0 Å². The number of hydrogen-bond acceptors (Lipinski definition) is 6. The van der Waals surface area contributed by atoms with Gasteiger partial charge < -0.3 is 24.8 Å². The van der Waals surface area contributed by atoms with Crippen molar-refractivity contribution in [2.75, 3.05) is 31.0 Å². The lowest BCUT2D eigenvalue weighted by Crippen LogP contribution is -2.22. The summed E-state index contributed by atoms with van der Waals surface area (Å²) in [7, 11) is 1.55.